The number of halogens is 1. The Kier molecular flexibility index (Phi) is 3.01. The van der Waals surface area contributed by atoms with Crippen LogP contribution >= 0.6 is 0 Å². The third-order valence-electron chi connectivity index (χ3n) is 2.38. The maximum absolute atomic E-state index is 13.0. The summed E-state index contributed by atoms with van der Waals surface area (Å²) in [6.45, 7) is 0.256. The highest BCUT2D eigenvalue weighted by Crippen LogP contribution is 2.04. The van der Waals surface area contributed by atoms with Gasteiger partial charge >= 0.3 is 0 Å². The van der Waals surface area contributed by atoms with Gasteiger partial charge in [-0.25, -0.2) is 4.39 Å². The fourth-order valence-corrected chi connectivity index (χ4v) is 1.58. The molecule has 0 saturated carbocycles. The molecule has 3 nitrogen and oxygen atoms in total. The number of pyridine rings is 1. The lowest BCUT2D eigenvalue weighted by Gasteiger charge is -2.05. The second-order valence-electron chi connectivity index (χ2n) is 3.60. The van der Waals surface area contributed by atoms with Gasteiger partial charge in [0.15, 0.2) is 0 Å². The van der Waals surface area contributed by atoms with E-state index in [0.717, 1.165) is 0 Å². The summed E-state index contributed by atoms with van der Waals surface area (Å²) in [4.78, 5) is 11.7. The molecule has 0 bridgehead atoms. The van der Waals surface area contributed by atoms with Crippen molar-refractivity contribution in [2.24, 2.45) is 0 Å². The molecule has 4 heteroatoms. The van der Waals surface area contributed by atoms with Crippen molar-refractivity contribution in [3.05, 3.63) is 69.9 Å². The first kappa shape index (κ1) is 11.1. The van der Waals surface area contributed by atoms with Crippen LogP contribution in [0.3, 0.4) is 0 Å². The molecular formula is C13H9FN2O. The van der Waals surface area contributed by atoms with Crippen LogP contribution in [-0.4, -0.2) is 4.57 Å². The van der Waals surface area contributed by atoms with Crippen LogP contribution in [0, 0.1) is 17.1 Å². The molecule has 17 heavy (non-hydrogen) atoms. The van der Waals surface area contributed by atoms with Crippen molar-refractivity contribution in [2.75, 3.05) is 0 Å². The van der Waals surface area contributed by atoms with E-state index < -0.39 is 0 Å². The highest BCUT2D eigenvalue weighted by Gasteiger charge is 2.03. The van der Waals surface area contributed by atoms with Gasteiger partial charge in [-0.2, -0.15) is 5.26 Å². The van der Waals surface area contributed by atoms with Gasteiger partial charge in [0.25, 0.3) is 5.56 Å². The Morgan fingerprint density at radius 1 is 1.29 bits per heavy atom. The Morgan fingerprint density at radius 3 is 2.82 bits per heavy atom. The molecule has 0 spiro atoms. The molecule has 0 amide bonds. The molecule has 0 N–H and O–H groups in total. The van der Waals surface area contributed by atoms with Crippen LogP contribution in [0.25, 0.3) is 0 Å². The van der Waals surface area contributed by atoms with Crippen molar-refractivity contribution >= 4 is 0 Å². The predicted molar refractivity (Wildman–Crippen MR) is 60.9 cm³/mol. The average Bonchev–Trinajstić information content (AvgIpc) is 2.32. The topological polar surface area (TPSA) is 45.8 Å². The van der Waals surface area contributed by atoms with E-state index in [4.69, 9.17) is 5.26 Å². The molecule has 0 saturated heterocycles. The standard InChI is InChI=1S/C13H9FN2O/c14-12-5-1-3-10(7-12)9-16-6-2-4-11(8-15)13(16)17/h1-7H,9H2. The van der Waals surface area contributed by atoms with E-state index in [-0.39, 0.29) is 23.5 Å². The van der Waals surface area contributed by atoms with E-state index >= 15 is 0 Å². The maximum Gasteiger partial charge on any atom is 0.268 e. The van der Waals surface area contributed by atoms with Gasteiger partial charge < -0.3 is 4.57 Å². The van der Waals surface area contributed by atoms with Gasteiger partial charge in [-0.05, 0) is 29.8 Å². The summed E-state index contributed by atoms with van der Waals surface area (Å²) in [5.74, 6) is -0.341. The number of hydrogen-bond acceptors (Lipinski definition) is 2. The highest BCUT2D eigenvalue weighted by atomic mass is 19.1. The Morgan fingerprint density at radius 2 is 2.12 bits per heavy atom. The minimum absolute atomic E-state index is 0.0869. The highest BCUT2D eigenvalue weighted by molar-refractivity contribution is 5.26. The van der Waals surface area contributed by atoms with E-state index in [1.165, 1.54) is 22.8 Å². The molecule has 1 heterocycles. The van der Waals surface area contributed by atoms with Crippen molar-refractivity contribution in [3.8, 4) is 6.07 Å². The van der Waals surface area contributed by atoms with Crippen molar-refractivity contribution < 1.29 is 4.39 Å². The van der Waals surface area contributed by atoms with E-state index in [9.17, 15) is 9.18 Å². The van der Waals surface area contributed by atoms with E-state index in [1.807, 2.05) is 6.07 Å². The minimum Gasteiger partial charge on any atom is -0.310 e. The first-order chi connectivity index (χ1) is 8.20. The van der Waals surface area contributed by atoms with Crippen molar-refractivity contribution in [1.29, 1.82) is 5.26 Å². The van der Waals surface area contributed by atoms with Gasteiger partial charge in [0.1, 0.15) is 17.4 Å². The van der Waals surface area contributed by atoms with Gasteiger partial charge in [0, 0.05) is 6.20 Å². The zero-order chi connectivity index (χ0) is 12.3. The lowest BCUT2D eigenvalue weighted by molar-refractivity contribution is 0.622. The largest absolute Gasteiger partial charge is 0.310 e. The number of benzene rings is 1. The molecule has 0 atom stereocenters. The van der Waals surface area contributed by atoms with Gasteiger partial charge in [-0.15, -0.1) is 0 Å². The summed E-state index contributed by atoms with van der Waals surface area (Å²) in [7, 11) is 0. The first-order valence-electron chi connectivity index (χ1n) is 5.05. The second kappa shape index (κ2) is 4.62. The molecule has 2 aromatic rings. The van der Waals surface area contributed by atoms with Crippen LogP contribution in [0.4, 0.5) is 4.39 Å². The molecule has 2 rings (SSSR count). The predicted octanol–water partition coefficient (Wildman–Crippen LogP) is 1.91. The normalized spacial score (nSPS) is 9.88. The fourth-order valence-electron chi connectivity index (χ4n) is 1.58. The van der Waals surface area contributed by atoms with Gasteiger partial charge in [-0.3, -0.25) is 4.79 Å². The quantitative estimate of drug-likeness (QED) is 0.788. The van der Waals surface area contributed by atoms with E-state index in [1.54, 1.807) is 24.4 Å². The fraction of sp³-hybridized carbons (Fsp3) is 0.0769. The van der Waals surface area contributed by atoms with Gasteiger partial charge in [0.05, 0.1) is 6.54 Å². The SMILES string of the molecule is N#Cc1cccn(Cc2cccc(F)c2)c1=O. The van der Waals surface area contributed by atoms with Crippen LogP contribution in [0.2, 0.25) is 0 Å². The lowest BCUT2D eigenvalue weighted by atomic mass is 10.2. The first-order valence-corrected chi connectivity index (χ1v) is 5.05. The molecule has 0 aliphatic rings. The van der Waals surface area contributed by atoms with Gasteiger partial charge in [0.2, 0.25) is 0 Å². The zero-order valence-electron chi connectivity index (χ0n) is 8.93. The summed E-state index contributed by atoms with van der Waals surface area (Å²) in [5.41, 5.74) is 0.408. The minimum atomic E-state index is -0.362. The van der Waals surface area contributed by atoms with Crippen LogP contribution in [-0.2, 0) is 6.54 Å². The molecule has 1 aromatic carbocycles. The molecule has 0 unspecified atom stereocenters. The number of nitrogens with zero attached hydrogens (tertiary/aromatic N) is 2. The summed E-state index contributed by atoms with van der Waals surface area (Å²) >= 11 is 0. The summed E-state index contributed by atoms with van der Waals surface area (Å²) in [5, 5.41) is 8.73. The third kappa shape index (κ3) is 2.40. The molecule has 1 aromatic heterocycles. The van der Waals surface area contributed by atoms with Gasteiger partial charge in [-0.1, -0.05) is 12.1 Å². The number of aromatic nitrogens is 1. The zero-order valence-corrected chi connectivity index (χ0v) is 8.93. The van der Waals surface area contributed by atoms with E-state index in [0.29, 0.717) is 5.56 Å². The van der Waals surface area contributed by atoms with Crippen molar-refractivity contribution in [2.45, 2.75) is 6.54 Å². The third-order valence-corrected chi connectivity index (χ3v) is 2.38. The Labute approximate surface area is 97.4 Å². The van der Waals surface area contributed by atoms with Crippen LogP contribution < -0.4 is 5.56 Å². The van der Waals surface area contributed by atoms with Crippen LogP contribution in [0.1, 0.15) is 11.1 Å². The van der Waals surface area contributed by atoms with Crippen LogP contribution in [0.15, 0.2) is 47.4 Å². The lowest BCUT2D eigenvalue weighted by Crippen LogP contribution is -2.22. The monoisotopic (exact) mass is 228 g/mol. The number of nitriles is 1. The summed E-state index contributed by atoms with van der Waals surface area (Å²) in [6.07, 6.45) is 1.58. The smallest absolute Gasteiger partial charge is 0.268 e. The Bertz CT molecular complexity index is 640. The van der Waals surface area contributed by atoms with Crippen LogP contribution in [0.5, 0.6) is 0 Å². The summed E-state index contributed by atoms with van der Waals surface area (Å²) in [6, 6.07) is 10.9. The molecule has 0 radical (unpaired) electrons. The Balaban J connectivity index is 2.38. The van der Waals surface area contributed by atoms with Crippen molar-refractivity contribution in [3.63, 3.8) is 0 Å². The van der Waals surface area contributed by atoms with E-state index in [2.05, 4.69) is 0 Å². The number of hydrogen-bond donors (Lipinski definition) is 0. The molecular weight excluding hydrogens is 219 g/mol. The maximum atomic E-state index is 13.0. The number of rotatable bonds is 2. The average molecular weight is 228 g/mol. The van der Waals surface area contributed by atoms with Crippen molar-refractivity contribution in [1.82, 2.24) is 4.57 Å². The second-order valence-corrected chi connectivity index (χ2v) is 3.60. The Hall–Kier alpha value is -2.41. The molecule has 84 valence electrons. The molecule has 0 aliphatic carbocycles. The summed E-state index contributed by atoms with van der Waals surface area (Å²) < 4.78 is 14.4. The molecule has 0 fully saturated rings. The molecule has 0 aliphatic heterocycles.